The molecule has 0 radical (unpaired) electrons. The fourth-order valence-corrected chi connectivity index (χ4v) is 3.49. The highest BCUT2D eigenvalue weighted by molar-refractivity contribution is 7.13. The van der Waals surface area contributed by atoms with Gasteiger partial charge in [0, 0.05) is 23.5 Å². The Labute approximate surface area is 142 Å². The second-order valence-corrected chi connectivity index (χ2v) is 6.43. The maximum atomic E-state index is 15.2. The number of hydrogen-bond acceptors (Lipinski definition) is 4. The smallest absolute Gasteiger partial charge is 0.174 e. The molecule has 3 heterocycles. The summed E-state index contributed by atoms with van der Waals surface area (Å²) in [6, 6.07) is 13.1. The van der Waals surface area contributed by atoms with Gasteiger partial charge in [0.05, 0.1) is 16.1 Å². The van der Waals surface area contributed by atoms with Gasteiger partial charge < -0.3 is 5.32 Å². The maximum absolute atomic E-state index is 15.2. The Kier molecular flexibility index (Phi) is 3.70. The number of fused-ring (bicyclic) bond motifs is 1. The van der Waals surface area contributed by atoms with Gasteiger partial charge in [-0.1, -0.05) is 18.2 Å². The molecule has 1 aromatic carbocycles. The van der Waals surface area contributed by atoms with Crippen LogP contribution in [-0.2, 0) is 0 Å². The van der Waals surface area contributed by atoms with Crippen molar-refractivity contribution in [2.45, 2.75) is 6.92 Å². The Balaban J connectivity index is 1.94. The number of thiophene rings is 1. The number of halogens is 1. The van der Waals surface area contributed by atoms with E-state index in [1.54, 1.807) is 12.4 Å². The zero-order valence-corrected chi connectivity index (χ0v) is 13.8. The molecule has 5 heteroatoms. The molecular formula is C19H14FN3S. The summed E-state index contributed by atoms with van der Waals surface area (Å²) in [5.74, 6) is -0.340. The summed E-state index contributed by atoms with van der Waals surface area (Å²) < 4.78 is 15.2. The van der Waals surface area contributed by atoms with Crippen molar-refractivity contribution in [3.8, 4) is 10.6 Å². The third-order valence-electron chi connectivity index (χ3n) is 3.75. The van der Waals surface area contributed by atoms with Crippen molar-refractivity contribution in [2.75, 3.05) is 5.32 Å². The summed E-state index contributed by atoms with van der Waals surface area (Å²) in [5, 5.41) is 5.94. The number of hydrogen-bond donors (Lipinski definition) is 1. The minimum Gasteiger partial charge on any atom is -0.352 e. The molecule has 0 aliphatic carbocycles. The summed E-state index contributed by atoms with van der Waals surface area (Å²) in [6.07, 6.45) is 3.35. The second kappa shape index (κ2) is 6.02. The predicted octanol–water partition coefficient (Wildman–Crippen LogP) is 5.55. The van der Waals surface area contributed by atoms with Crippen LogP contribution in [0.15, 0.2) is 60.2 Å². The molecule has 0 bridgehead atoms. The number of benzene rings is 1. The van der Waals surface area contributed by atoms with Gasteiger partial charge in [-0.15, -0.1) is 11.3 Å². The van der Waals surface area contributed by atoms with Crippen molar-refractivity contribution in [1.82, 2.24) is 9.97 Å². The standard InChI is InChI=1S/C19H14FN3S/c1-12-10-16(24-11-12)19-17(20)18(22-13-6-8-21-9-7-13)14-4-2-3-5-15(14)23-19/h2-11H,1H3,(H,21,22,23). The Morgan fingerprint density at radius 1 is 1.08 bits per heavy atom. The number of nitrogens with zero attached hydrogens (tertiary/aromatic N) is 2. The van der Waals surface area contributed by atoms with E-state index in [4.69, 9.17) is 0 Å². The van der Waals surface area contributed by atoms with E-state index in [0.29, 0.717) is 11.4 Å². The third kappa shape index (κ3) is 2.63. The van der Waals surface area contributed by atoms with E-state index in [9.17, 15) is 0 Å². The lowest BCUT2D eigenvalue weighted by Crippen LogP contribution is -1.99. The summed E-state index contributed by atoms with van der Waals surface area (Å²) in [6.45, 7) is 2.00. The normalized spacial score (nSPS) is 10.9. The topological polar surface area (TPSA) is 37.8 Å². The Bertz CT molecular complexity index is 1010. The van der Waals surface area contributed by atoms with Gasteiger partial charge in [-0.25, -0.2) is 9.37 Å². The minimum absolute atomic E-state index is 0.340. The number of rotatable bonds is 3. The van der Waals surface area contributed by atoms with Crippen molar-refractivity contribution in [2.24, 2.45) is 0 Å². The number of nitrogens with one attached hydrogen (secondary N) is 1. The van der Waals surface area contributed by atoms with Crippen LogP contribution in [-0.4, -0.2) is 9.97 Å². The molecule has 0 saturated heterocycles. The van der Waals surface area contributed by atoms with Crippen molar-refractivity contribution in [3.63, 3.8) is 0 Å². The third-order valence-corrected chi connectivity index (χ3v) is 4.80. The van der Waals surface area contributed by atoms with Gasteiger partial charge in [-0.3, -0.25) is 4.98 Å². The zero-order chi connectivity index (χ0) is 16.5. The molecule has 0 amide bonds. The van der Waals surface area contributed by atoms with E-state index in [-0.39, 0.29) is 5.82 Å². The largest absolute Gasteiger partial charge is 0.352 e. The van der Waals surface area contributed by atoms with Crippen molar-refractivity contribution in [3.05, 3.63) is 71.6 Å². The number of aryl methyl sites for hydroxylation is 1. The van der Waals surface area contributed by atoms with E-state index in [1.165, 1.54) is 11.3 Å². The minimum atomic E-state index is -0.340. The van der Waals surface area contributed by atoms with Crippen LogP contribution in [0, 0.1) is 12.7 Å². The van der Waals surface area contributed by atoms with Gasteiger partial charge in [0.25, 0.3) is 0 Å². The molecule has 0 fully saturated rings. The molecule has 0 aliphatic rings. The van der Waals surface area contributed by atoms with Crippen LogP contribution >= 0.6 is 11.3 Å². The van der Waals surface area contributed by atoms with Crippen molar-refractivity contribution < 1.29 is 4.39 Å². The average molecular weight is 335 g/mol. The molecule has 0 aliphatic heterocycles. The average Bonchev–Trinajstić information content (AvgIpc) is 3.04. The molecular weight excluding hydrogens is 321 g/mol. The van der Waals surface area contributed by atoms with Crippen LogP contribution in [0.4, 0.5) is 15.8 Å². The zero-order valence-electron chi connectivity index (χ0n) is 13.0. The maximum Gasteiger partial charge on any atom is 0.174 e. The Hall–Kier alpha value is -2.79. The number of para-hydroxylation sites is 1. The van der Waals surface area contributed by atoms with Gasteiger partial charge in [0.2, 0.25) is 0 Å². The predicted molar refractivity (Wildman–Crippen MR) is 97.3 cm³/mol. The summed E-state index contributed by atoms with van der Waals surface area (Å²) in [7, 11) is 0. The van der Waals surface area contributed by atoms with Crippen molar-refractivity contribution >= 4 is 33.6 Å². The lowest BCUT2D eigenvalue weighted by Gasteiger charge is -2.13. The molecule has 0 atom stereocenters. The highest BCUT2D eigenvalue weighted by Gasteiger charge is 2.17. The molecule has 24 heavy (non-hydrogen) atoms. The molecule has 3 nitrogen and oxygen atoms in total. The summed E-state index contributed by atoms with van der Waals surface area (Å²) >= 11 is 1.50. The lowest BCUT2D eigenvalue weighted by molar-refractivity contribution is 0.632. The molecule has 4 rings (SSSR count). The van der Waals surface area contributed by atoms with Gasteiger partial charge in [-0.2, -0.15) is 0 Å². The highest BCUT2D eigenvalue weighted by atomic mass is 32.1. The van der Waals surface area contributed by atoms with E-state index in [2.05, 4.69) is 15.3 Å². The van der Waals surface area contributed by atoms with Crippen LogP contribution in [0.2, 0.25) is 0 Å². The van der Waals surface area contributed by atoms with Gasteiger partial charge in [-0.05, 0) is 42.1 Å². The second-order valence-electron chi connectivity index (χ2n) is 5.52. The molecule has 1 N–H and O–H groups in total. The lowest BCUT2D eigenvalue weighted by atomic mass is 10.1. The summed E-state index contributed by atoms with van der Waals surface area (Å²) in [4.78, 5) is 9.37. The van der Waals surface area contributed by atoms with Gasteiger partial charge in [0.15, 0.2) is 5.82 Å². The molecule has 4 aromatic rings. The first-order chi connectivity index (χ1) is 11.7. The van der Waals surface area contributed by atoms with Crippen molar-refractivity contribution in [1.29, 1.82) is 0 Å². The van der Waals surface area contributed by atoms with Crippen LogP contribution < -0.4 is 5.32 Å². The number of anilines is 2. The van der Waals surface area contributed by atoms with E-state index in [1.807, 2.05) is 54.8 Å². The first-order valence-electron chi connectivity index (χ1n) is 7.53. The Morgan fingerprint density at radius 2 is 1.88 bits per heavy atom. The molecule has 3 aromatic heterocycles. The fourth-order valence-electron chi connectivity index (χ4n) is 2.61. The molecule has 0 spiro atoms. The Morgan fingerprint density at radius 3 is 2.62 bits per heavy atom. The monoisotopic (exact) mass is 335 g/mol. The summed E-state index contributed by atoms with van der Waals surface area (Å²) in [5.41, 5.74) is 3.47. The van der Waals surface area contributed by atoms with Gasteiger partial charge in [0.1, 0.15) is 5.69 Å². The number of pyridine rings is 2. The number of aromatic nitrogens is 2. The van der Waals surface area contributed by atoms with Crippen LogP contribution in [0.1, 0.15) is 5.56 Å². The molecule has 0 unspecified atom stereocenters. The van der Waals surface area contributed by atoms with Crippen LogP contribution in [0.5, 0.6) is 0 Å². The van der Waals surface area contributed by atoms with E-state index < -0.39 is 0 Å². The first kappa shape index (κ1) is 14.8. The SMILES string of the molecule is Cc1csc(-c2nc3ccccc3c(Nc3ccncc3)c2F)c1. The fraction of sp³-hybridized carbons (Fsp3) is 0.0526. The van der Waals surface area contributed by atoms with Crippen LogP contribution in [0.3, 0.4) is 0 Å². The van der Waals surface area contributed by atoms with Gasteiger partial charge >= 0.3 is 0 Å². The van der Waals surface area contributed by atoms with Crippen LogP contribution in [0.25, 0.3) is 21.5 Å². The van der Waals surface area contributed by atoms with E-state index in [0.717, 1.165) is 27.0 Å². The first-order valence-corrected chi connectivity index (χ1v) is 8.41. The molecule has 0 saturated carbocycles. The highest BCUT2D eigenvalue weighted by Crippen LogP contribution is 2.36. The van der Waals surface area contributed by atoms with E-state index >= 15 is 4.39 Å². The molecule has 118 valence electrons. The quantitative estimate of drug-likeness (QED) is 0.533.